The minimum atomic E-state index is 0.620. The first-order valence-electron chi connectivity index (χ1n) is 4.09. The van der Waals surface area contributed by atoms with Crippen LogP contribution in [-0.4, -0.2) is 9.97 Å². The molecule has 0 saturated heterocycles. The molecule has 2 nitrogen and oxygen atoms in total. The van der Waals surface area contributed by atoms with Crippen molar-refractivity contribution in [2.75, 3.05) is 0 Å². The fraction of sp³-hybridized carbons (Fsp3) is 0. The number of benzene rings is 1. The number of rotatable bonds is 1. The van der Waals surface area contributed by atoms with E-state index in [0.29, 0.717) is 14.6 Å². The summed E-state index contributed by atoms with van der Waals surface area (Å²) >= 11 is 15.3. The molecule has 0 aliphatic heterocycles. The van der Waals surface area contributed by atoms with E-state index in [4.69, 9.17) is 23.2 Å². The van der Waals surface area contributed by atoms with E-state index in [1.807, 2.05) is 0 Å². The van der Waals surface area contributed by atoms with Gasteiger partial charge in [0.1, 0.15) is 10.9 Å². The third-order valence-corrected chi connectivity index (χ3v) is 3.08. The zero-order valence-electron chi connectivity index (χ0n) is 7.42. The van der Waals surface area contributed by atoms with Crippen LogP contribution in [0.2, 0.25) is 10.0 Å². The molecule has 1 heterocycles. The maximum Gasteiger partial charge on any atom is 0.117 e. The Morgan fingerprint density at radius 3 is 2.67 bits per heavy atom. The van der Waals surface area contributed by atoms with Crippen molar-refractivity contribution in [1.82, 2.24) is 9.97 Å². The Kier molecular flexibility index (Phi) is 3.24. The fourth-order valence-electron chi connectivity index (χ4n) is 1.20. The smallest absolute Gasteiger partial charge is 0.117 e. The van der Waals surface area contributed by atoms with E-state index in [0.717, 1.165) is 11.1 Å². The summed E-state index contributed by atoms with van der Waals surface area (Å²) < 4.78 is 0.696. The molecule has 0 saturated carbocycles. The van der Waals surface area contributed by atoms with Crippen molar-refractivity contribution in [3.8, 4) is 11.1 Å². The van der Waals surface area contributed by atoms with Crippen LogP contribution in [-0.2, 0) is 0 Å². The summed E-state index contributed by atoms with van der Waals surface area (Å²) in [5.41, 5.74) is 1.64. The molecule has 0 fully saturated rings. The van der Waals surface area contributed by atoms with Gasteiger partial charge in [0.25, 0.3) is 0 Å². The van der Waals surface area contributed by atoms with E-state index in [9.17, 15) is 0 Å². The van der Waals surface area contributed by atoms with Crippen LogP contribution in [0.25, 0.3) is 11.1 Å². The van der Waals surface area contributed by atoms with Crippen molar-refractivity contribution in [3.05, 3.63) is 45.4 Å². The molecule has 2 rings (SSSR count). The van der Waals surface area contributed by atoms with Crippen LogP contribution < -0.4 is 0 Å². The lowest BCUT2D eigenvalue weighted by atomic mass is 10.1. The Hall–Kier alpha value is -0.640. The number of aromatic nitrogens is 2. The lowest BCUT2D eigenvalue weighted by Gasteiger charge is -2.05. The van der Waals surface area contributed by atoms with Gasteiger partial charge in [-0.1, -0.05) is 23.2 Å². The quantitative estimate of drug-likeness (QED) is 0.737. The van der Waals surface area contributed by atoms with Crippen molar-refractivity contribution < 1.29 is 0 Å². The lowest BCUT2D eigenvalue weighted by Crippen LogP contribution is -1.86. The number of hydrogen-bond donors (Lipinski definition) is 0. The molecule has 0 bridgehead atoms. The van der Waals surface area contributed by atoms with Gasteiger partial charge in [-0.3, -0.25) is 0 Å². The second-order valence-electron chi connectivity index (χ2n) is 2.85. The zero-order chi connectivity index (χ0) is 10.8. The summed E-state index contributed by atoms with van der Waals surface area (Å²) in [5.74, 6) is 0. The van der Waals surface area contributed by atoms with Gasteiger partial charge < -0.3 is 0 Å². The average Bonchev–Trinajstić information content (AvgIpc) is 2.23. The van der Waals surface area contributed by atoms with E-state index < -0.39 is 0 Å². The second-order valence-corrected chi connectivity index (χ2v) is 4.45. The highest BCUT2D eigenvalue weighted by Gasteiger charge is 2.08. The van der Waals surface area contributed by atoms with Gasteiger partial charge in [0, 0.05) is 27.4 Å². The number of hydrogen-bond acceptors (Lipinski definition) is 2. The van der Waals surface area contributed by atoms with Crippen molar-refractivity contribution in [1.29, 1.82) is 0 Å². The van der Waals surface area contributed by atoms with Gasteiger partial charge in [0.05, 0.1) is 0 Å². The number of halogens is 3. The third kappa shape index (κ3) is 2.30. The largest absolute Gasteiger partial charge is 0.244 e. The van der Waals surface area contributed by atoms with E-state index in [1.165, 1.54) is 6.33 Å². The highest BCUT2D eigenvalue weighted by molar-refractivity contribution is 9.10. The van der Waals surface area contributed by atoms with Gasteiger partial charge >= 0.3 is 0 Å². The van der Waals surface area contributed by atoms with Crippen LogP contribution in [0.3, 0.4) is 0 Å². The molecule has 0 atom stereocenters. The SMILES string of the molecule is Clc1ccc(Cl)c(-c2cncnc2Br)c1. The molecule has 0 aliphatic carbocycles. The standard InChI is InChI=1S/C10H5BrCl2N2/c11-10-8(4-14-5-15-10)7-3-6(12)1-2-9(7)13/h1-5H. The van der Waals surface area contributed by atoms with Crippen molar-refractivity contribution in [2.45, 2.75) is 0 Å². The van der Waals surface area contributed by atoms with Gasteiger partial charge in [-0.25, -0.2) is 9.97 Å². The molecule has 5 heteroatoms. The summed E-state index contributed by atoms with van der Waals surface area (Å²) in [4.78, 5) is 7.98. The highest BCUT2D eigenvalue weighted by Crippen LogP contribution is 2.33. The van der Waals surface area contributed by atoms with Crippen LogP contribution in [0.1, 0.15) is 0 Å². The minimum absolute atomic E-state index is 0.620. The van der Waals surface area contributed by atoms with Crippen LogP contribution in [0.5, 0.6) is 0 Å². The fourth-order valence-corrected chi connectivity index (χ4v) is 2.00. The molecule has 0 N–H and O–H groups in total. The first kappa shape index (κ1) is 10.9. The van der Waals surface area contributed by atoms with Crippen molar-refractivity contribution in [3.63, 3.8) is 0 Å². The first-order valence-corrected chi connectivity index (χ1v) is 5.64. The van der Waals surface area contributed by atoms with Gasteiger partial charge in [-0.15, -0.1) is 0 Å². The van der Waals surface area contributed by atoms with Crippen LogP contribution in [0.15, 0.2) is 35.3 Å². The van der Waals surface area contributed by atoms with Gasteiger partial charge in [-0.2, -0.15) is 0 Å². The van der Waals surface area contributed by atoms with Gasteiger partial charge in [0.2, 0.25) is 0 Å². The van der Waals surface area contributed by atoms with Crippen LogP contribution in [0.4, 0.5) is 0 Å². The molecule has 0 unspecified atom stereocenters. The van der Waals surface area contributed by atoms with Crippen LogP contribution in [0, 0.1) is 0 Å². The molecule has 0 aliphatic rings. The lowest BCUT2D eigenvalue weighted by molar-refractivity contribution is 1.14. The van der Waals surface area contributed by atoms with E-state index in [1.54, 1.807) is 24.4 Å². The zero-order valence-corrected chi connectivity index (χ0v) is 10.5. The molecule has 76 valence electrons. The summed E-state index contributed by atoms with van der Waals surface area (Å²) in [5, 5.41) is 1.25. The summed E-state index contributed by atoms with van der Waals surface area (Å²) in [6.07, 6.45) is 3.15. The Bertz CT molecular complexity index is 503. The van der Waals surface area contributed by atoms with Crippen LogP contribution >= 0.6 is 39.1 Å². The van der Waals surface area contributed by atoms with Crippen molar-refractivity contribution >= 4 is 39.1 Å². The number of nitrogens with zero attached hydrogens (tertiary/aromatic N) is 2. The van der Waals surface area contributed by atoms with E-state index >= 15 is 0 Å². The maximum absolute atomic E-state index is 6.07. The molecule has 1 aromatic carbocycles. The first-order chi connectivity index (χ1) is 7.18. The summed E-state index contributed by atoms with van der Waals surface area (Å²) in [6, 6.07) is 5.27. The molecule has 15 heavy (non-hydrogen) atoms. The molecule has 0 radical (unpaired) electrons. The predicted molar refractivity (Wildman–Crippen MR) is 65.2 cm³/mol. The van der Waals surface area contributed by atoms with Crippen molar-refractivity contribution in [2.24, 2.45) is 0 Å². The summed E-state index contributed by atoms with van der Waals surface area (Å²) in [6.45, 7) is 0. The molecule has 0 spiro atoms. The maximum atomic E-state index is 6.07. The van der Waals surface area contributed by atoms with E-state index in [-0.39, 0.29) is 0 Å². The molecule has 0 amide bonds. The topological polar surface area (TPSA) is 25.8 Å². The molecular weight excluding hydrogens is 299 g/mol. The normalized spacial score (nSPS) is 10.3. The monoisotopic (exact) mass is 302 g/mol. The molecule has 2 aromatic rings. The Morgan fingerprint density at radius 1 is 1.13 bits per heavy atom. The second kappa shape index (κ2) is 4.47. The Labute approximate surface area is 105 Å². The molecular formula is C10H5BrCl2N2. The highest BCUT2D eigenvalue weighted by atomic mass is 79.9. The summed E-state index contributed by atoms with van der Waals surface area (Å²) in [7, 11) is 0. The van der Waals surface area contributed by atoms with Gasteiger partial charge in [-0.05, 0) is 34.1 Å². The average molecular weight is 304 g/mol. The third-order valence-electron chi connectivity index (χ3n) is 1.88. The van der Waals surface area contributed by atoms with Gasteiger partial charge in [0.15, 0.2) is 0 Å². The minimum Gasteiger partial charge on any atom is -0.244 e. The Balaban J connectivity index is 2.64. The molecule has 1 aromatic heterocycles. The Morgan fingerprint density at radius 2 is 1.93 bits per heavy atom. The predicted octanol–water partition coefficient (Wildman–Crippen LogP) is 4.21. The van der Waals surface area contributed by atoms with E-state index in [2.05, 4.69) is 25.9 Å².